The molecule has 0 amide bonds. The van der Waals surface area contributed by atoms with Crippen molar-refractivity contribution in [1.82, 2.24) is 0 Å². The molecule has 0 unspecified atom stereocenters. The number of carbonyl (C=O) groups excluding carboxylic acids is 1. The van der Waals surface area contributed by atoms with Crippen molar-refractivity contribution < 1.29 is 9.21 Å². The molecule has 1 aromatic heterocycles. The Bertz CT molecular complexity index is 252. The highest BCUT2D eigenvalue weighted by Crippen LogP contribution is 2.10. The predicted octanol–water partition coefficient (Wildman–Crippen LogP) is 1.38. The zero-order valence-electron chi connectivity index (χ0n) is 6.46. The Morgan fingerprint density at radius 2 is 2.36 bits per heavy atom. The van der Waals surface area contributed by atoms with Crippen LogP contribution in [0, 0.1) is 0 Å². The lowest BCUT2D eigenvalue weighted by molar-refractivity contribution is -0.117. The summed E-state index contributed by atoms with van der Waals surface area (Å²) in [5.74, 6) is 1.35. The van der Waals surface area contributed by atoms with Crippen molar-refractivity contribution >= 4 is 11.7 Å². The summed E-state index contributed by atoms with van der Waals surface area (Å²) in [6, 6.07) is 3.48. The normalized spacial score (nSPS) is 9.91. The predicted molar refractivity (Wildman–Crippen MR) is 42.1 cm³/mol. The first kappa shape index (κ1) is 7.85. The van der Waals surface area contributed by atoms with Crippen molar-refractivity contribution in [3.63, 3.8) is 0 Å². The van der Waals surface area contributed by atoms with Crippen LogP contribution in [0.3, 0.4) is 0 Å². The summed E-state index contributed by atoms with van der Waals surface area (Å²) in [6.07, 6.45) is 1.17. The molecule has 0 saturated carbocycles. The fourth-order valence-electron chi connectivity index (χ4n) is 0.828. The quantitative estimate of drug-likeness (QED) is 0.713. The van der Waals surface area contributed by atoms with E-state index in [1.165, 1.54) is 0 Å². The van der Waals surface area contributed by atoms with Gasteiger partial charge in [0.15, 0.2) is 5.88 Å². The molecular formula is C8H11NO2. The third kappa shape index (κ3) is 2.45. The molecule has 0 fully saturated rings. The first-order chi connectivity index (χ1) is 5.18. The minimum absolute atomic E-state index is 0.167. The Kier molecular flexibility index (Phi) is 2.31. The van der Waals surface area contributed by atoms with E-state index in [4.69, 9.17) is 10.2 Å². The Morgan fingerprint density at radius 1 is 1.64 bits per heavy atom. The van der Waals surface area contributed by atoms with E-state index in [9.17, 15) is 4.79 Å². The van der Waals surface area contributed by atoms with Gasteiger partial charge in [0.05, 0.1) is 0 Å². The maximum atomic E-state index is 10.6. The van der Waals surface area contributed by atoms with Crippen molar-refractivity contribution in [1.29, 1.82) is 0 Å². The van der Waals surface area contributed by atoms with Crippen molar-refractivity contribution in [2.24, 2.45) is 0 Å². The van der Waals surface area contributed by atoms with Crippen LogP contribution in [0.5, 0.6) is 0 Å². The van der Waals surface area contributed by atoms with Gasteiger partial charge in [-0.15, -0.1) is 0 Å². The Labute approximate surface area is 65.2 Å². The van der Waals surface area contributed by atoms with E-state index >= 15 is 0 Å². The van der Waals surface area contributed by atoms with Gasteiger partial charge in [-0.25, -0.2) is 0 Å². The summed E-state index contributed by atoms with van der Waals surface area (Å²) in [6.45, 7) is 1.56. The van der Waals surface area contributed by atoms with Crippen LogP contribution in [-0.2, 0) is 11.2 Å². The molecule has 0 spiro atoms. The number of furan rings is 1. The van der Waals surface area contributed by atoms with Crippen LogP contribution >= 0.6 is 0 Å². The van der Waals surface area contributed by atoms with E-state index < -0.39 is 0 Å². The second-order valence-corrected chi connectivity index (χ2v) is 2.51. The highest BCUT2D eigenvalue weighted by atomic mass is 16.3. The van der Waals surface area contributed by atoms with Gasteiger partial charge in [0.2, 0.25) is 0 Å². The van der Waals surface area contributed by atoms with E-state index in [0.29, 0.717) is 18.7 Å². The molecule has 0 aliphatic heterocycles. The van der Waals surface area contributed by atoms with Gasteiger partial charge < -0.3 is 14.9 Å². The number of Topliss-reactive ketones (excluding diaryl/α,β-unsaturated/α-hetero) is 1. The molecule has 0 aliphatic carbocycles. The number of nitrogens with two attached hydrogens (primary N) is 1. The highest BCUT2D eigenvalue weighted by molar-refractivity contribution is 5.75. The molecule has 3 heteroatoms. The van der Waals surface area contributed by atoms with E-state index in [-0.39, 0.29) is 5.78 Å². The number of hydrogen-bond acceptors (Lipinski definition) is 3. The van der Waals surface area contributed by atoms with Crippen LogP contribution in [-0.4, -0.2) is 5.78 Å². The first-order valence-corrected chi connectivity index (χ1v) is 3.52. The van der Waals surface area contributed by atoms with Crippen LogP contribution in [0.2, 0.25) is 0 Å². The van der Waals surface area contributed by atoms with E-state index in [2.05, 4.69) is 0 Å². The minimum Gasteiger partial charge on any atom is -0.446 e. The highest BCUT2D eigenvalue weighted by Gasteiger charge is 2.00. The first-order valence-electron chi connectivity index (χ1n) is 3.52. The molecule has 3 nitrogen and oxygen atoms in total. The van der Waals surface area contributed by atoms with Crippen molar-refractivity contribution in [3.05, 3.63) is 17.9 Å². The average molecular weight is 153 g/mol. The zero-order chi connectivity index (χ0) is 8.27. The van der Waals surface area contributed by atoms with Gasteiger partial charge >= 0.3 is 0 Å². The topological polar surface area (TPSA) is 56.2 Å². The zero-order valence-corrected chi connectivity index (χ0v) is 6.46. The standard InChI is InChI=1S/C8H11NO2/c1-6(10)2-3-7-4-5-8(9)11-7/h4-5H,2-3,9H2,1H3. The van der Waals surface area contributed by atoms with Gasteiger partial charge in [0, 0.05) is 18.9 Å². The SMILES string of the molecule is CC(=O)CCc1ccc(N)o1. The molecule has 0 aromatic carbocycles. The van der Waals surface area contributed by atoms with Crippen LogP contribution in [0.4, 0.5) is 5.88 Å². The Hall–Kier alpha value is -1.25. The number of anilines is 1. The third-order valence-electron chi connectivity index (χ3n) is 1.41. The molecule has 1 aromatic rings. The Morgan fingerprint density at radius 3 is 2.82 bits per heavy atom. The summed E-state index contributed by atoms with van der Waals surface area (Å²) < 4.78 is 5.06. The summed E-state index contributed by atoms with van der Waals surface area (Å²) >= 11 is 0. The molecule has 0 radical (unpaired) electrons. The van der Waals surface area contributed by atoms with E-state index in [1.54, 1.807) is 19.1 Å². The average Bonchev–Trinajstić information content (AvgIpc) is 2.31. The number of hydrogen-bond donors (Lipinski definition) is 1. The Balaban J connectivity index is 2.45. The lowest BCUT2D eigenvalue weighted by atomic mass is 10.2. The number of rotatable bonds is 3. The number of nitrogen functional groups attached to an aromatic ring is 1. The monoisotopic (exact) mass is 153 g/mol. The minimum atomic E-state index is 0.167. The number of aryl methyl sites for hydroxylation is 1. The van der Waals surface area contributed by atoms with Crippen LogP contribution in [0.25, 0.3) is 0 Å². The van der Waals surface area contributed by atoms with Crippen LogP contribution in [0.1, 0.15) is 19.1 Å². The molecule has 0 bridgehead atoms. The summed E-state index contributed by atoms with van der Waals surface area (Å²) in [7, 11) is 0. The van der Waals surface area contributed by atoms with Gasteiger partial charge in [0.25, 0.3) is 0 Å². The smallest absolute Gasteiger partial charge is 0.190 e. The lowest BCUT2D eigenvalue weighted by Gasteiger charge is -1.91. The molecule has 11 heavy (non-hydrogen) atoms. The third-order valence-corrected chi connectivity index (χ3v) is 1.41. The van der Waals surface area contributed by atoms with Gasteiger partial charge in [0.1, 0.15) is 11.5 Å². The molecule has 1 heterocycles. The van der Waals surface area contributed by atoms with Crippen molar-refractivity contribution in [3.8, 4) is 0 Å². The molecule has 2 N–H and O–H groups in total. The van der Waals surface area contributed by atoms with E-state index in [1.807, 2.05) is 0 Å². The fourth-order valence-corrected chi connectivity index (χ4v) is 0.828. The molecule has 0 saturated heterocycles. The summed E-state index contributed by atoms with van der Waals surface area (Å²) in [4.78, 5) is 10.6. The van der Waals surface area contributed by atoms with E-state index in [0.717, 1.165) is 5.76 Å². The van der Waals surface area contributed by atoms with Gasteiger partial charge in [-0.1, -0.05) is 0 Å². The van der Waals surface area contributed by atoms with Crippen molar-refractivity contribution in [2.45, 2.75) is 19.8 Å². The fraction of sp³-hybridized carbons (Fsp3) is 0.375. The van der Waals surface area contributed by atoms with Crippen LogP contribution < -0.4 is 5.73 Å². The molecule has 1 rings (SSSR count). The van der Waals surface area contributed by atoms with Gasteiger partial charge in [-0.2, -0.15) is 0 Å². The van der Waals surface area contributed by atoms with Gasteiger partial charge in [-0.05, 0) is 13.0 Å². The number of ketones is 1. The molecular weight excluding hydrogens is 142 g/mol. The van der Waals surface area contributed by atoms with Crippen LogP contribution in [0.15, 0.2) is 16.5 Å². The number of carbonyl (C=O) groups is 1. The second kappa shape index (κ2) is 3.23. The molecule has 60 valence electrons. The van der Waals surface area contributed by atoms with Crippen molar-refractivity contribution in [2.75, 3.05) is 5.73 Å². The molecule has 0 atom stereocenters. The maximum Gasteiger partial charge on any atom is 0.190 e. The molecule has 0 aliphatic rings. The van der Waals surface area contributed by atoms with Gasteiger partial charge in [-0.3, -0.25) is 0 Å². The largest absolute Gasteiger partial charge is 0.446 e. The maximum absolute atomic E-state index is 10.6. The summed E-state index contributed by atoms with van der Waals surface area (Å²) in [5, 5.41) is 0. The second-order valence-electron chi connectivity index (χ2n) is 2.51. The summed E-state index contributed by atoms with van der Waals surface area (Å²) in [5.41, 5.74) is 5.33. The lowest BCUT2D eigenvalue weighted by Crippen LogP contribution is -1.92.